The van der Waals surface area contributed by atoms with E-state index in [1.807, 2.05) is 31.2 Å². The molecule has 1 amide bonds. The highest BCUT2D eigenvalue weighted by Gasteiger charge is 2.30. The van der Waals surface area contributed by atoms with Crippen LogP contribution in [-0.4, -0.2) is 18.1 Å². The normalized spacial score (nSPS) is 16.6. The molecule has 0 spiro atoms. The van der Waals surface area contributed by atoms with Gasteiger partial charge in [0.1, 0.15) is 5.75 Å². The Bertz CT molecular complexity index is 881. The van der Waals surface area contributed by atoms with Gasteiger partial charge in [0.05, 0.1) is 18.7 Å². The first kappa shape index (κ1) is 18.4. The summed E-state index contributed by atoms with van der Waals surface area (Å²) >= 11 is 8.75. The Morgan fingerprint density at radius 1 is 1.23 bits per heavy atom. The molecule has 3 N–H and O–H groups in total. The van der Waals surface area contributed by atoms with E-state index in [0.717, 1.165) is 21.5 Å². The Kier molecular flexibility index (Phi) is 5.58. The molecule has 3 rings (SSSR count). The predicted octanol–water partition coefficient (Wildman–Crippen LogP) is 3.89. The van der Waals surface area contributed by atoms with Gasteiger partial charge >= 0.3 is 0 Å². The van der Waals surface area contributed by atoms with Crippen molar-refractivity contribution in [3.8, 4) is 5.75 Å². The zero-order chi connectivity index (χ0) is 18.7. The minimum absolute atomic E-state index is 0.194. The molecule has 0 aromatic heterocycles. The summed E-state index contributed by atoms with van der Waals surface area (Å²) < 4.78 is 6.08. The van der Waals surface area contributed by atoms with Gasteiger partial charge in [-0.15, -0.1) is 0 Å². The van der Waals surface area contributed by atoms with Gasteiger partial charge in [0.25, 0.3) is 5.91 Å². The molecule has 1 atom stereocenters. The zero-order valence-electron chi connectivity index (χ0n) is 14.3. The second kappa shape index (κ2) is 7.88. The van der Waals surface area contributed by atoms with Crippen LogP contribution in [0.4, 0.5) is 5.69 Å². The first-order valence-electron chi connectivity index (χ1n) is 7.97. The number of thiocarbonyl (C=S) groups is 1. The third-order valence-electron chi connectivity index (χ3n) is 4.04. The molecule has 1 aliphatic rings. The highest BCUT2D eigenvalue weighted by Crippen LogP contribution is 2.29. The quantitative estimate of drug-likeness (QED) is 0.640. The highest BCUT2D eigenvalue weighted by atomic mass is 79.9. The van der Waals surface area contributed by atoms with Gasteiger partial charge in [-0.1, -0.05) is 28.1 Å². The average Bonchev–Trinajstić information content (AvgIpc) is 2.61. The number of hydrogen-bond donors (Lipinski definition) is 3. The van der Waals surface area contributed by atoms with E-state index in [2.05, 4.69) is 31.9 Å². The van der Waals surface area contributed by atoms with Gasteiger partial charge in [0.2, 0.25) is 0 Å². The van der Waals surface area contributed by atoms with Gasteiger partial charge in [-0.25, -0.2) is 0 Å². The van der Waals surface area contributed by atoms with Crippen LogP contribution in [0.2, 0.25) is 0 Å². The molecular formula is C19H18BrN3O2S. The first-order valence-corrected chi connectivity index (χ1v) is 9.17. The van der Waals surface area contributed by atoms with E-state index in [9.17, 15) is 4.79 Å². The van der Waals surface area contributed by atoms with Crippen LogP contribution in [-0.2, 0) is 4.79 Å². The SMILES string of the molecule is COc1ccc(NC(=O)C2=C(C)NC(=S)N[C@@H]2c2cccc(Br)c2)cc1. The summed E-state index contributed by atoms with van der Waals surface area (Å²) in [6.45, 7) is 1.85. The summed E-state index contributed by atoms with van der Waals surface area (Å²) in [7, 11) is 1.60. The minimum atomic E-state index is -0.334. The number of carbonyl (C=O) groups is 1. The topological polar surface area (TPSA) is 62.4 Å². The molecule has 0 saturated heterocycles. The molecule has 134 valence electrons. The van der Waals surface area contributed by atoms with E-state index in [1.165, 1.54) is 0 Å². The van der Waals surface area contributed by atoms with Crippen LogP contribution in [0, 0.1) is 0 Å². The van der Waals surface area contributed by atoms with Crippen molar-refractivity contribution in [2.75, 3.05) is 12.4 Å². The van der Waals surface area contributed by atoms with E-state index in [4.69, 9.17) is 17.0 Å². The number of anilines is 1. The highest BCUT2D eigenvalue weighted by molar-refractivity contribution is 9.10. The number of allylic oxidation sites excluding steroid dienone is 1. The summed E-state index contributed by atoms with van der Waals surface area (Å²) in [5.41, 5.74) is 2.96. The van der Waals surface area contributed by atoms with Gasteiger partial charge in [-0.3, -0.25) is 4.79 Å². The maximum atomic E-state index is 13.0. The number of halogens is 1. The van der Waals surface area contributed by atoms with Gasteiger partial charge in [0.15, 0.2) is 5.11 Å². The minimum Gasteiger partial charge on any atom is -0.497 e. The third kappa shape index (κ3) is 4.05. The fourth-order valence-corrected chi connectivity index (χ4v) is 3.49. The number of hydrogen-bond acceptors (Lipinski definition) is 3. The molecule has 1 aliphatic heterocycles. The van der Waals surface area contributed by atoms with Crippen molar-refractivity contribution in [2.45, 2.75) is 13.0 Å². The van der Waals surface area contributed by atoms with Crippen molar-refractivity contribution < 1.29 is 9.53 Å². The van der Waals surface area contributed by atoms with E-state index in [0.29, 0.717) is 16.4 Å². The summed E-state index contributed by atoms with van der Waals surface area (Å²) in [5, 5.41) is 9.65. The predicted molar refractivity (Wildman–Crippen MR) is 110 cm³/mol. The van der Waals surface area contributed by atoms with Crippen LogP contribution in [0.5, 0.6) is 5.75 Å². The van der Waals surface area contributed by atoms with Crippen LogP contribution in [0.3, 0.4) is 0 Å². The Morgan fingerprint density at radius 3 is 2.62 bits per heavy atom. The van der Waals surface area contributed by atoms with Crippen LogP contribution in [0.15, 0.2) is 64.3 Å². The molecule has 1 heterocycles. The molecule has 0 aliphatic carbocycles. The number of methoxy groups -OCH3 is 1. The van der Waals surface area contributed by atoms with E-state index < -0.39 is 0 Å². The Labute approximate surface area is 165 Å². The number of nitrogens with one attached hydrogen (secondary N) is 3. The fraction of sp³-hybridized carbons (Fsp3) is 0.158. The largest absolute Gasteiger partial charge is 0.497 e. The molecule has 0 radical (unpaired) electrons. The van der Waals surface area contributed by atoms with Crippen molar-refractivity contribution in [1.82, 2.24) is 10.6 Å². The average molecular weight is 432 g/mol. The fourth-order valence-electron chi connectivity index (χ4n) is 2.80. The smallest absolute Gasteiger partial charge is 0.255 e. The second-order valence-corrected chi connectivity index (χ2v) is 7.13. The Hall–Kier alpha value is -2.38. The number of carbonyl (C=O) groups excluding carboxylic acids is 1. The van der Waals surface area contributed by atoms with Crippen molar-refractivity contribution >= 4 is 44.9 Å². The van der Waals surface area contributed by atoms with Crippen molar-refractivity contribution in [3.63, 3.8) is 0 Å². The molecule has 0 bridgehead atoms. The lowest BCUT2D eigenvalue weighted by molar-refractivity contribution is -0.113. The third-order valence-corrected chi connectivity index (χ3v) is 4.76. The van der Waals surface area contributed by atoms with Crippen molar-refractivity contribution in [1.29, 1.82) is 0 Å². The van der Waals surface area contributed by atoms with Crippen molar-refractivity contribution in [3.05, 3.63) is 69.8 Å². The van der Waals surface area contributed by atoms with Crippen LogP contribution >= 0.6 is 28.1 Å². The number of rotatable bonds is 4. The molecule has 26 heavy (non-hydrogen) atoms. The van der Waals surface area contributed by atoms with Gasteiger partial charge < -0.3 is 20.7 Å². The van der Waals surface area contributed by atoms with Crippen LogP contribution < -0.4 is 20.7 Å². The summed E-state index contributed by atoms with van der Waals surface area (Å²) in [6, 6.07) is 14.7. The molecule has 2 aromatic carbocycles. The molecular weight excluding hydrogens is 414 g/mol. The molecule has 2 aromatic rings. The first-order chi connectivity index (χ1) is 12.5. The molecule has 0 saturated carbocycles. The number of amides is 1. The monoisotopic (exact) mass is 431 g/mol. The summed E-state index contributed by atoms with van der Waals surface area (Å²) in [5.74, 6) is 0.539. The number of benzene rings is 2. The lowest BCUT2D eigenvalue weighted by Crippen LogP contribution is -2.45. The molecule has 0 fully saturated rings. The number of ether oxygens (including phenoxy) is 1. The van der Waals surface area contributed by atoms with Gasteiger partial charge in [-0.05, 0) is 61.1 Å². The zero-order valence-corrected chi connectivity index (χ0v) is 16.7. The summed E-state index contributed by atoms with van der Waals surface area (Å²) in [6.07, 6.45) is 0. The van der Waals surface area contributed by atoms with Crippen LogP contribution in [0.1, 0.15) is 18.5 Å². The summed E-state index contributed by atoms with van der Waals surface area (Å²) in [4.78, 5) is 13.0. The maximum Gasteiger partial charge on any atom is 0.255 e. The van der Waals surface area contributed by atoms with Crippen LogP contribution in [0.25, 0.3) is 0 Å². The van der Waals surface area contributed by atoms with E-state index in [1.54, 1.807) is 31.4 Å². The molecule has 7 heteroatoms. The lowest BCUT2D eigenvalue weighted by Gasteiger charge is -2.30. The van der Waals surface area contributed by atoms with Gasteiger partial charge in [-0.2, -0.15) is 0 Å². The molecule has 5 nitrogen and oxygen atoms in total. The second-order valence-electron chi connectivity index (χ2n) is 5.81. The Balaban J connectivity index is 1.91. The lowest BCUT2D eigenvalue weighted by atomic mass is 9.95. The van der Waals surface area contributed by atoms with E-state index in [-0.39, 0.29) is 11.9 Å². The standard InChI is InChI=1S/C19H18BrN3O2S/c1-11-16(18(24)22-14-6-8-15(25-2)9-7-14)17(23-19(26)21-11)12-4-3-5-13(20)10-12/h3-10,17H,1-2H3,(H,22,24)(H2,21,23,26)/t17-/m1/s1. The Morgan fingerprint density at radius 2 is 1.96 bits per heavy atom. The molecule has 0 unspecified atom stereocenters. The van der Waals surface area contributed by atoms with Gasteiger partial charge in [0, 0.05) is 15.9 Å². The van der Waals surface area contributed by atoms with E-state index >= 15 is 0 Å². The maximum absolute atomic E-state index is 13.0. The van der Waals surface area contributed by atoms with Crippen molar-refractivity contribution in [2.24, 2.45) is 0 Å².